The van der Waals surface area contributed by atoms with Crippen LogP contribution in [-0.2, 0) is 6.54 Å². The maximum Gasteiger partial charge on any atom is 0.362 e. The van der Waals surface area contributed by atoms with Gasteiger partial charge in [0.1, 0.15) is 22.7 Å². The molecule has 7 nitrogen and oxygen atoms in total. The lowest BCUT2D eigenvalue weighted by molar-refractivity contribution is 0.553. The summed E-state index contributed by atoms with van der Waals surface area (Å²) in [5.41, 5.74) is 7.81. The summed E-state index contributed by atoms with van der Waals surface area (Å²) in [5, 5.41) is 3.13. The minimum absolute atomic E-state index is 0.219. The van der Waals surface area contributed by atoms with Gasteiger partial charge in [-0.1, -0.05) is 6.07 Å². The Morgan fingerprint density at radius 1 is 1.09 bits per heavy atom. The summed E-state index contributed by atoms with van der Waals surface area (Å²) >= 11 is 1.33. The lowest BCUT2D eigenvalue weighted by Crippen LogP contribution is -2.08. The maximum atomic E-state index is 15.0. The highest BCUT2D eigenvalue weighted by Crippen LogP contribution is 2.39. The van der Waals surface area contributed by atoms with Gasteiger partial charge in [-0.15, -0.1) is 0 Å². The monoisotopic (exact) mass is 456 g/mol. The zero-order valence-electron chi connectivity index (χ0n) is 16.8. The van der Waals surface area contributed by atoms with Gasteiger partial charge in [-0.05, 0) is 53.5 Å². The van der Waals surface area contributed by atoms with Crippen molar-refractivity contribution in [3.63, 3.8) is 0 Å². The van der Waals surface area contributed by atoms with E-state index in [-0.39, 0.29) is 5.71 Å². The normalized spacial score (nSPS) is 12.2. The van der Waals surface area contributed by atoms with Gasteiger partial charge in [-0.3, -0.25) is 0 Å². The molecule has 7 rings (SSSR count). The average molecular weight is 456 g/mol. The van der Waals surface area contributed by atoms with E-state index < -0.39 is 11.4 Å². The number of hydrogen-bond acceptors (Lipinski definition) is 7. The summed E-state index contributed by atoms with van der Waals surface area (Å²) in [7, 11) is 0. The Hall–Kier alpha value is -4.24. The summed E-state index contributed by atoms with van der Waals surface area (Å²) in [4.78, 5) is 17.4. The topological polar surface area (TPSA) is 100 Å². The van der Waals surface area contributed by atoms with Crippen LogP contribution >= 0.6 is 11.5 Å². The van der Waals surface area contributed by atoms with Crippen LogP contribution in [0.3, 0.4) is 0 Å². The molecule has 0 aliphatic rings. The molecule has 0 aliphatic carbocycles. The Bertz CT molecular complexity index is 1960. The molecule has 0 saturated carbocycles. The van der Waals surface area contributed by atoms with E-state index in [1.54, 1.807) is 22.9 Å². The molecule has 5 heterocycles. The van der Waals surface area contributed by atoms with E-state index in [1.807, 2.05) is 24.3 Å². The number of nitrogens with two attached hydrogens (primary N) is 1. The van der Waals surface area contributed by atoms with E-state index in [9.17, 15) is 4.79 Å². The van der Waals surface area contributed by atoms with Crippen molar-refractivity contribution in [1.82, 2.24) is 13.9 Å². The van der Waals surface area contributed by atoms with Gasteiger partial charge in [-0.25, -0.2) is 14.2 Å². The second kappa shape index (κ2) is 6.39. The third-order valence-electron chi connectivity index (χ3n) is 6.04. The molecule has 7 aromatic rings. The highest BCUT2D eigenvalue weighted by Gasteiger charge is 2.23. The molecule has 0 saturated heterocycles. The van der Waals surface area contributed by atoms with Gasteiger partial charge in [0, 0.05) is 28.9 Å². The quantitative estimate of drug-likeness (QED) is 0.373. The zero-order chi connectivity index (χ0) is 22.3. The van der Waals surface area contributed by atoms with Crippen molar-refractivity contribution in [2.45, 2.75) is 6.54 Å². The number of nitrogen functional groups attached to an aromatic ring is 1. The minimum atomic E-state index is -0.551. The number of aromatic nitrogens is 3. The first-order valence-corrected chi connectivity index (χ1v) is 10.9. The zero-order valence-corrected chi connectivity index (χ0v) is 17.6. The first-order chi connectivity index (χ1) is 16.1. The minimum Gasteiger partial charge on any atom is -0.463 e. The summed E-state index contributed by atoms with van der Waals surface area (Å²) in [6.45, 7) is 0.299. The van der Waals surface area contributed by atoms with Gasteiger partial charge in [0.05, 0.1) is 27.3 Å². The molecule has 0 bridgehead atoms. The van der Waals surface area contributed by atoms with Crippen LogP contribution in [0.4, 0.5) is 10.2 Å². The summed E-state index contributed by atoms with van der Waals surface area (Å²) in [6.07, 6.45) is 3.01. The molecule has 33 heavy (non-hydrogen) atoms. The number of halogens is 1. The van der Waals surface area contributed by atoms with Crippen LogP contribution in [0.5, 0.6) is 0 Å². The van der Waals surface area contributed by atoms with E-state index in [1.165, 1.54) is 23.9 Å². The van der Waals surface area contributed by atoms with Gasteiger partial charge in [0.2, 0.25) is 5.71 Å². The van der Waals surface area contributed by atoms with Gasteiger partial charge in [0.15, 0.2) is 0 Å². The third-order valence-corrected chi connectivity index (χ3v) is 6.88. The Labute approximate surface area is 187 Å². The fourth-order valence-electron chi connectivity index (χ4n) is 4.63. The molecule has 0 aliphatic heterocycles. The van der Waals surface area contributed by atoms with E-state index in [4.69, 9.17) is 14.6 Å². The number of furan rings is 1. The number of rotatable bonds is 2. The molecule has 160 valence electrons. The van der Waals surface area contributed by atoms with Crippen molar-refractivity contribution in [2.75, 3.05) is 5.73 Å². The van der Waals surface area contributed by atoms with E-state index in [0.717, 1.165) is 15.6 Å². The highest BCUT2D eigenvalue weighted by atomic mass is 32.1. The standard InChI is InChI=1S/C24H13FN4O3S/c25-15-9-16-19(21-12(15)5-7-31-21)18-13-2-1-6-27-23(13)32-24(30)20(18)29(16)10-11-3-4-17-14(8-11)22(26)28-33-17/h1-9H,10H2,(H2,26,28). The molecule has 2 N–H and O–H groups in total. The molecule has 0 amide bonds. The number of nitrogens with zero attached hydrogens (tertiary/aromatic N) is 3. The van der Waals surface area contributed by atoms with Crippen molar-refractivity contribution >= 4 is 71.3 Å². The Balaban J connectivity index is 1.65. The second-order valence-corrected chi connectivity index (χ2v) is 8.67. The van der Waals surface area contributed by atoms with E-state index >= 15 is 4.39 Å². The van der Waals surface area contributed by atoms with Crippen molar-refractivity contribution in [3.05, 3.63) is 76.7 Å². The van der Waals surface area contributed by atoms with Crippen LogP contribution in [0.2, 0.25) is 0 Å². The Kier molecular flexibility index (Phi) is 3.55. The third kappa shape index (κ3) is 2.45. The summed E-state index contributed by atoms with van der Waals surface area (Å²) < 4.78 is 33.2. The van der Waals surface area contributed by atoms with Crippen LogP contribution in [0, 0.1) is 5.82 Å². The fraction of sp³-hybridized carbons (Fsp3) is 0.0417. The number of benzene rings is 2. The van der Waals surface area contributed by atoms with Crippen molar-refractivity contribution in [2.24, 2.45) is 0 Å². The maximum absolute atomic E-state index is 15.0. The van der Waals surface area contributed by atoms with Crippen LogP contribution in [0.25, 0.3) is 54.0 Å². The number of pyridine rings is 1. The van der Waals surface area contributed by atoms with Crippen molar-refractivity contribution in [1.29, 1.82) is 0 Å². The highest BCUT2D eigenvalue weighted by molar-refractivity contribution is 7.13. The predicted molar refractivity (Wildman–Crippen MR) is 126 cm³/mol. The molecule has 0 spiro atoms. The molecule has 0 radical (unpaired) electrons. The molecule has 0 fully saturated rings. The number of anilines is 1. The van der Waals surface area contributed by atoms with Gasteiger partial charge in [0.25, 0.3) is 0 Å². The smallest absolute Gasteiger partial charge is 0.362 e. The van der Waals surface area contributed by atoms with Crippen LogP contribution in [0.1, 0.15) is 5.56 Å². The molecular formula is C24H13FN4O3S. The lowest BCUT2D eigenvalue weighted by atomic mass is 10.1. The van der Waals surface area contributed by atoms with E-state index in [2.05, 4.69) is 9.36 Å². The van der Waals surface area contributed by atoms with Crippen LogP contribution in [-0.4, -0.2) is 13.9 Å². The Morgan fingerprint density at radius 3 is 2.91 bits per heavy atom. The van der Waals surface area contributed by atoms with Crippen LogP contribution < -0.4 is 11.4 Å². The lowest BCUT2D eigenvalue weighted by Gasteiger charge is -2.08. The summed E-state index contributed by atoms with van der Waals surface area (Å²) in [5.74, 6) is 0.0304. The summed E-state index contributed by atoms with van der Waals surface area (Å²) in [6, 6.07) is 12.5. The Morgan fingerprint density at radius 2 is 2.00 bits per heavy atom. The van der Waals surface area contributed by atoms with Crippen molar-refractivity contribution < 1.29 is 13.2 Å². The molecule has 0 atom stereocenters. The van der Waals surface area contributed by atoms with Gasteiger partial charge in [-0.2, -0.15) is 4.37 Å². The average Bonchev–Trinajstić information content (AvgIpc) is 3.52. The molecule has 5 aromatic heterocycles. The number of fused-ring (bicyclic) bond motifs is 8. The number of hydrogen-bond donors (Lipinski definition) is 1. The van der Waals surface area contributed by atoms with E-state index in [0.29, 0.717) is 50.5 Å². The molecular weight excluding hydrogens is 443 g/mol. The van der Waals surface area contributed by atoms with Crippen molar-refractivity contribution in [3.8, 4) is 0 Å². The molecule has 0 unspecified atom stereocenters. The first kappa shape index (κ1) is 18.3. The SMILES string of the molecule is Nc1nsc2ccc(Cn3c4cc(F)c5ccoc5c4c4c5cccnc5oc(=O)c43)cc12. The van der Waals surface area contributed by atoms with Crippen LogP contribution in [0.15, 0.2) is 68.6 Å². The second-order valence-electron chi connectivity index (χ2n) is 7.87. The van der Waals surface area contributed by atoms with Gasteiger partial charge >= 0.3 is 5.63 Å². The predicted octanol–water partition coefficient (Wildman–Crippen LogP) is 5.42. The molecule has 2 aromatic carbocycles. The first-order valence-electron chi connectivity index (χ1n) is 10.1. The molecule has 9 heteroatoms. The largest absolute Gasteiger partial charge is 0.463 e. The van der Waals surface area contributed by atoms with Gasteiger partial charge < -0.3 is 19.1 Å². The fourth-order valence-corrected chi connectivity index (χ4v) is 5.31.